The van der Waals surface area contributed by atoms with Crippen LogP contribution in [0.1, 0.15) is 32.3 Å². The number of rotatable bonds is 2. The minimum Gasteiger partial charge on any atom is -0.326 e. The van der Waals surface area contributed by atoms with Gasteiger partial charge in [0, 0.05) is 23.1 Å². The Bertz CT molecular complexity index is 390. The Kier molecular flexibility index (Phi) is 3.76. The summed E-state index contributed by atoms with van der Waals surface area (Å²) in [6.45, 7) is 6.53. The van der Waals surface area contributed by atoms with Gasteiger partial charge in [-0.2, -0.15) is 0 Å². The van der Waals surface area contributed by atoms with Crippen LogP contribution < -0.4 is 5.73 Å². The van der Waals surface area contributed by atoms with Crippen molar-refractivity contribution in [1.82, 2.24) is 4.90 Å². The van der Waals surface area contributed by atoms with Gasteiger partial charge in [-0.05, 0) is 50.9 Å². The smallest absolute Gasteiger partial charge is 0.0409 e. The lowest BCUT2D eigenvalue weighted by Gasteiger charge is -2.46. The zero-order chi connectivity index (χ0) is 12.5. The molecule has 1 aromatic carbocycles. The fraction of sp³-hybridized carbons (Fsp3) is 0.571. The van der Waals surface area contributed by atoms with Crippen LogP contribution in [0.15, 0.2) is 24.3 Å². The first-order chi connectivity index (χ1) is 8.00. The van der Waals surface area contributed by atoms with E-state index in [0.29, 0.717) is 0 Å². The fourth-order valence-electron chi connectivity index (χ4n) is 2.52. The van der Waals surface area contributed by atoms with Crippen LogP contribution in [-0.4, -0.2) is 23.0 Å². The number of nitrogens with two attached hydrogens (primary N) is 1. The molecule has 0 spiro atoms. The maximum Gasteiger partial charge on any atom is 0.0409 e. The molecule has 17 heavy (non-hydrogen) atoms. The van der Waals surface area contributed by atoms with Gasteiger partial charge in [0.25, 0.3) is 0 Å². The van der Waals surface area contributed by atoms with Crippen LogP contribution in [0.4, 0.5) is 0 Å². The summed E-state index contributed by atoms with van der Waals surface area (Å²) in [6, 6.07) is 8.35. The van der Waals surface area contributed by atoms with E-state index in [0.717, 1.165) is 24.5 Å². The van der Waals surface area contributed by atoms with Crippen LogP contribution in [-0.2, 0) is 6.54 Å². The van der Waals surface area contributed by atoms with Crippen molar-refractivity contribution in [2.24, 2.45) is 5.73 Å². The molecule has 1 fully saturated rings. The minimum atomic E-state index is 0.0700. The summed E-state index contributed by atoms with van der Waals surface area (Å²) in [5, 5.41) is 0.807. The number of piperidine rings is 1. The Morgan fingerprint density at radius 3 is 2.94 bits per heavy atom. The minimum absolute atomic E-state index is 0.0700. The molecule has 1 heterocycles. The van der Waals surface area contributed by atoms with Crippen molar-refractivity contribution in [2.75, 3.05) is 6.54 Å². The summed E-state index contributed by atoms with van der Waals surface area (Å²) in [4.78, 5) is 2.47. The highest BCUT2D eigenvalue weighted by molar-refractivity contribution is 6.30. The second-order valence-electron chi connectivity index (χ2n) is 5.45. The second kappa shape index (κ2) is 4.97. The summed E-state index contributed by atoms with van der Waals surface area (Å²) >= 11 is 6.02. The third-order valence-electron chi connectivity index (χ3n) is 3.93. The Balaban J connectivity index is 2.12. The predicted molar refractivity (Wildman–Crippen MR) is 73.2 cm³/mol. The summed E-state index contributed by atoms with van der Waals surface area (Å²) in [5.74, 6) is 0. The normalized spacial score (nSPS) is 24.8. The Morgan fingerprint density at radius 2 is 2.24 bits per heavy atom. The molecule has 1 aliphatic heterocycles. The number of likely N-dealkylation sites (tertiary alicyclic amines) is 1. The summed E-state index contributed by atoms with van der Waals surface area (Å²) in [7, 11) is 0. The highest BCUT2D eigenvalue weighted by Crippen LogP contribution is 2.28. The molecule has 1 aliphatic rings. The van der Waals surface area contributed by atoms with Gasteiger partial charge in [-0.3, -0.25) is 4.90 Å². The topological polar surface area (TPSA) is 29.3 Å². The van der Waals surface area contributed by atoms with Gasteiger partial charge < -0.3 is 5.73 Å². The number of nitrogens with zero attached hydrogens (tertiary/aromatic N) is 1. The van der Waals surface area contributed by atoms with Crippen molar-refractivity contribution in [2.45, 2.75) is 44.8 Å². The molecule has 1 aromatic rings. The summed E-state index contributed by atoms with van der Waals surface area (Å²) in [6.07, 6.45) is 2.31. The highest BCUT2D eigenvalue weighted by atomic mass is 35.5. The quantitative estimate of drug-likeness (QED) is 0.877. The lowest BCUT2D eigenvalue weighted by Crippen LogP contribution is -2.59. The zero-order valence-electron chi connectivity index (χ0n) is 10.6. The first-order valence-electron chi connectivity index (χ1n) is 6.25. The van der Waals surface area contributed by atoms with E-state index in [2.05, 4.69) is 24.8 Å². The van der Waals surface area contributed by atoms with Gasteiger partial charge in [0.2, 0.25) is 0 Å². The summed E-state index contributed by atoms with van der Waals surface area (Å²) in [5.41, 5.74) is 7.55. The maximum absolute atomic E-state index is 6.22. The van der Waals surface area contributed by atoms with Gasteiger partial charge in [-0.25, -0.2) is 0 Å². The fourth-order valence-corrected chi connectivity index (χ4v) is 2.73. The number of hydrogen-bond acceptors (Lipinski definition) is 2. The average Bonchev–Trinajstić information content (AvgIpc) is 2.25. The molecular formula is C14H21ClN2. The van der Waals surface area contributed by atoms with Crippen LogP contribution in [0.25, 0.3) is 0 Å². The van der Waals surface area contributed by atoms with Gasteiger partial charge in [-0.1, -0.05) is 23.7 Å². The Morgan fingerprint density at radius 1 is 1.47 bits per heavy atom. The molecule has 3 heteroatoms. The standard InChI is InChI=1S/C14H21ClN2/c1-14(2)13(16)7-4-8-17(14)10-11-5-3-6-12(15)9-11/h3,5-6,9,13H,4,7-8,10,16H2,1-2H3. The molecule has 0 bridgehead atoms. The maximum atomic E-state index is 6.22. The summed E-state index contributed by atoms with van der Waals surface area (Å²) < 4.78 is 0. The van der Waals surface area contributed by atoms with Crippen molar-refractivity contribution in [3.05, 3.63) is 34.9 Å². The molecule has 0 amide bonds. The largest absolute Gasteiger partial charge is 0.326 e. The Labute approximate surface area is 109 Å². The van der Waals surface area contributed by atoms with Gasteiger partial charge >= 0.3 is 0 Å². The Hall–Kier alpha value is -0.570. The van der Waals surface area contributed by atoms with Crippen molar-refractivity contribution in [1.29, 1.82) is 0 Å². The predicted octanol–water partition coefficient (Wildman–Crippen LogP) is 3.04. The van der Waals surface area contributed by atoms with E-state index in [1.165, 1.54) is 12.0 Å². The van der Waals surface area contributed by atoms with Crippen LogP contribution in [0.3, 0.4) is 0 Å². The monoisotopic (exact) mass is 252 g/mol. The SMILES string of the molecule is CC1(C)C(N)CCCN1Cc1cccc(Cl)c1. The second-order valence-corrected chi connectivity index (χ2v) is 5.89. The van der Waals surface area contributed by atoms with Crippen LogP contribution in [0.2, 0.25) is 5.02 Å². The zero-order valence-corrected chi connectivity index (χ0v) is 11.4. The first kappa shape index (κ1) is 12.9. The number of hydrogen-bond donors (Lipinski definition) is 1. The van der Waals surface area contributed by atoms with Gasteiger partial charge in [0.1, 0.15) is 0 Å². The van der Waals surface area contributed by atoms with Gasteiger partial charge in [0.05, 0.1) is 0 Å². The average molecular weight is 253 g/mol. The molecule has 0 saturated carbocycles. The molecule has 1 saturated heterocycles. The van der Waals surface area contributed by atoms with Crippen molar-refractivity contribution in [3.63, 3.8) is 0 Å². The number of benzene rings is 1. The lowest BCUT2D eigenvalue weighted by atomic mass is 9.85. The lowest BCUT2D eigenvalue weighted by molar-refractivity contribution is 0.0501. The van der Waals surface area contributed by atoms with Crippen molar-refractivity contribution >= 4 is 11.6 Å². The molecule has 2 nitrogen and oxygen atoms in total. The van der Waals surface area contributed by atoms with Crippen LogP contribution in [0, 0.1) is 0 Å². The molecule has 0 radical (unpaired) electrons. The molecular weight excluding hydrogens is 232 g/mol. The van der Waals surface area contributed by atoms with E-state index < -0.39 is 0 Å². The molecule has 1 unspecified atom stereocenters. The van der Waals surface area contributed by atoms with Gasteiger partial charge in [0.15, 0.2) is 0 Å². The molecule has 2 rings (SSSR count). The highest BCUT2D eigenvalue weighted by Gasteiger charge is 2.35. The molecule has 94 valence electrons. The number of halogens is 1. The molecule has 1 atom stereocenters. The van der Waals surface area contributed by atoms with E-state index in [1.54, 1.807) is 0 Å². The van der Waals surface area contributed by atoms with E-state index in [4.69, 9.17) is 17.3 Å². The first-order valence-corrected chi connectivity index (χ1v) is 6.63. The van der Waals surface area contributed by atoms with Crippen LogP contribution in [0.5, 0.6) is 0 Å². The van der Waals surface area contributed by atoms with Crippen molar-refractivity contribution < 1.29 is 0 Å². The van der Waals surface area contributed by atoms with Gasteiger partial charge in [-0.15, -0.1) is 0 Å². The third-order valence-corrected chi connectivity index (χ3v) is 4.16. The van der Waals surface area contributed by atoms with Crippen LogP contribution >= 0.6 is 11.6 Å². The van der Waals surface area contributed by atoms with E-state index in [1.807, 2.05) is 18.2 Å². The molecule has 0 aromatic heterocycles. The van der Waals surface area contributed by atoms with E-state index >= 15 is 0 Å². The third kappa shape index (κ3) is 2.82. The van der Waals surface area contributed by atoms with E-state index in [9.17, 15) is 0 Å². The van der Waals surface area contributed by atoms with E-state index in [-0.39, 0.29) is 11.6 Å². The molecule has 2 N–H and O–H groups in total. The molecule has 0 aliphatic carbocycles. The van der Waals surface area contributed by atoms with Crippen molar-refractivity contribution in [3.8, 4) is 0 Å².